The van der Waals surface area contributed by atoms with E-state index >= 15 is 0 Å². The Balaban J connectivity index is 2.29. The number of carbonyl (C=O) groups excluding carboxylic acids is 1. The van der Waals surface area contributed by atoms with Crippen LogP contribution in [0.3, 0.4) is 0 Å². The van der Waals surface area contributed by atoms with Gasteiger partial charge < -0.3 is 23.8 Å². The second-order valence-corrected chi connectivity index (χ2v) is 7.39. The quantitative estimate of drug-likeness (QED) is 0.599. The first-order valence-electron chi connectivity index (χ1n) is 9.91. The summed E-state index contributed by atoms with van der Waals surface area (Å²) in [6.07, 6.45) is 0.848. The molecule has 0 aliphatic rings. The first-order valence-corrected chi connectivity index (χ1v) is 9.91. The van der Waals surface area contributed by atoms with Gasteiger partial charge in [0.2, 0.25) is 0 Å². The number of benzene rings is 2. The number of rotatable bonds is 7. The summed E-state index contributed by atoms with van der Waals surface area (Å²) in [6, 6.07) is 12.1. The van der Waals surface area contributed by atoms with Gasteiger partial charge in [-0.1, -0.05) is 26.8 Å². The number of aliphatic carboxylic acids is 1. The highest BCUT2D eigenvalue weighted by Crippen LogP contribution is 2.33. The number of carboxylic acid groups (broad SMARTS) is 1. The van der Waals surface area contributed by atoms with Crippen molar-refractivity contribution in [2.24, 2.45) is 10.9 Å². The van der Waals surface area contributed by atoms with Crippen LogP contribution in [-0.4, -0.2) is 26.2 Å². The molecule has 3 rings (SSSR count). The van der Waals surface area contributed by atoms with Crippen LogP contribution < -0.4 is 19.9 Å². The molecule has 1 heterocycles. The Morgan fingerprint density at radius 1 is 1.07 bits per heavy atom. The van der Waals surface area contributed by atoms with Gasteiger partial charge in [-0.2, -0.15) is 0 Å². The van der Waals surface area contributed by atoms with Gasteiger partial charge in [0.25, 0.3) is 0 Å². The number of nitrogens with zero attached hydrogens (tertiary/aromatic N) is 1. The molecule has 0 saturated carbocycles. The molecule has 0 aliphatic carbocycles. The molecule has 0 spiro atoms. The van der Waals surface area contributed by atoms with Crippen LogP contribution in [0.5, 0.6) is 11.5 Å². The van der Waals surface area contributed by atoms with Crippen molar-refractivity contribution in [3.63, 3.8) is 0 Å². The van der Waals surface area contributed by atoms with Crippen LogP contribution in [-0.2, 0) is 11.2 Å². The van der Waals surface area contributed by atoms with Crippen molar-refractivity contribution < 1.29 is 23.8 Å². The van der Waals surface area contributed by atoms with Crippen molar-refractivity contribution in [1.29, 1.82) is 0 Å². The molecule has 30 heavy (non-hydrogen) atoms. The largest absolute Gasteiger partial charge is 0.548 e. The van der Waals surface area contributed by atoms with Gasteiger partial charge in [-0.15, -0.1) is 0 Å². The van der Waals surface area contributed by atoms with Crippen molar-refractivity contribution in [2.45, 2.75) is 33.2 Å². The summed E-state index contributed by atoms with van der Waals surface area (Å²) in [5.41, 5.74) is 2.50. The molecular formula is C24H26NO5-. The predicted molar refractivity (Wildman–Crippen MR) is 113 cm³/mol. The maximum Gasteiger partial charge on any atom is 0.161 e. The van der Waals surface area contributed by atoms with E-state index in [0.717, 1.165) is 22.9 Å². The number of hydrogen-bond acceptors (Lipinski definition) is 6. The average molecular weight is 408 g/mol. The van der Waals surface area contributed by atoms with Gasteiger partial charge in [0, 0.05) is 17.0 Å². The minimum atomic E-state index is -1.20. The summed E-state index contributed by atoms with van der Waals surface area (Å²) in [7, 11) is 3.14. The van der Waals surface area contributed by atoms with Crippen molar-refractivity contribution in [3.05, 3.63) is 53.4 Å². The highest BCUT2D eigenvalue weighted by atomic mass is 16.5. The van der Waals surface area contributed by atoms with Gasteiger partial charge in [-0.3, -0.25) is 4.99 Å². The van der Waals surface area contributed by atoms with E-state index in [4.69, 9.17) is 13.9 Å². The SMILES string of the molecule is CCc1ccc2oc(-c3ccc(OC)c(OC)c3)cc(=N[C@@H](C(=O)[O-])C(C)C)c2c1. The molecule has 6 heteroatoms. The van der Waals surface area contributed by atoms with Gasteiger partial charge in [0.15, 0.2) is 11.5 Å². The zero-order valence-electron chi connectivity index (χ0n) is 17.9. The van der Waals surface area contributed by atoms with Gasteiger partial charge >= 0.3 is 0 Å². The van der Waals surface area contributed by atoms with Crippen LogP contribution in [0.4, 0.5) is 0 Å². The van der Waals surface area contributed by atoms with Gasteiger partial charge in [0.05, 0.1) is 31.6 Å². The van der Waals surface area contributed by atoms with E-state index in [1.807, 2.05) is 44.2 Å². The van der Waals surface area contributed by atoms with Crippen LogP contribution in [0.2, 0.25) is 0 Å². The topological polar surface area (TPSA) is 84.1 Å². The third kappa shape index (κ3) is 4.32. The van der Waals surface area contributed by atoms with Crippen molar-refractivity contribution in [1.82, 2.24) is 0 Å². The Labute approximate surface area is 175 Å². The first-order chi connectivity index (χ1) is 14.4. The number of methoxy groups -OCH3 is 2. The van der Waals surface area contributed by atoms with Crippen molar-refractivity contribution in [3.8, 4) is 22.8 Å². The summed E-state index contributed by atoms with van der Waals surface area (Å²) in [4.78, 5) is 16.2. The number of aryl methyl sites for hydroxylation is 1. The lowest BCUT2D eigenvalue weighted by atomic mass is 10.0. The molecule has 0 aliphatic heterocycles. The second kappa shape index (κ2) is 9.03. The number of fused-ring (bicyclic) bond motifs is 1. The molecule has 158 valence electrons. The maximum absolute atomic E-state index is 11.7. The van der Waals surface area contributed by atoms with Crippen LogP contribution in [0.1, 0.15) is 26.3 Å². The molecule has 0 radical (unpaired) electrons. The van der Waals surface area contributed by atoms with Crippen LogP contribution >= 0.6 is 0 Å². The molecule has 3 aromatic rings. The highest BCUT2D eigenvalue weighted by molar-refractivity contribution is 5.80. The van der Waals surface area contributed by atoms with Gasteiger partial charge in [0.1, 0.15) is 11.3 Å². The smallest absolute Gasteiger partial charge is 0.161 e. The highest BCUT2D eigenvalue weighted by Gasteiger charge is 2.15. The average Bonchev–Trinajstić information content (AvgIpc) is 2.75. The zero-order valence-corrected chi connectivity index (χ0v) is 17.9. The fourth-order valence-corrected chi connectivity index (χ4v) is 3.30. The number of hydrogen-bond donors (Lipinski definition) is 0. The summed E-state index contributed by atoms with van der Waals surface area (Å²) < 4.78 is 16.8. The molecule has 1 atom stereocenters. The van der Waals surface area contributed by atoms with Crippen molar-refractivity contribution in [2.75, 3.05) is 14.2 Å². The fraction of sp³-hybridized carbons (Fsp3) is 0.333. The Hall–Kier alpha value is -3.28. The molecule has 0 saturated heterocycles. The molecule has 6 nitrogen and oxygen atoms in total. The van der Waals surface area contributed by atoms with Gasteiger partial charge in [-0.05, 0) is 48.2 Å². The Kier molecular flexibility index (Phi) is 6.45. The normalized spacial score (nSPS) is 12.9. The van der Waals surface area contributed by atoms with E-state index in [0.29, 0.717) is 28.2 Å². The molecule has 0 amide bonds. The predicted octanol–water partition coefficient (Wildman–Crippen LogP) is 3.35. The van der Waals surface area contributed by atoms with E-state index in [-0.39, 0.29) is 5.92 Å². The fourth-order valence-electron chi connectivity index (χ4n) is 3.30. The van der Waals surface area contributed by atoms with E-state index in [1.165, 1.54) is 0 Å². The zero-order chi connectivity index (χ0) is 21.8. The summed E-state index contributed by atoms with van der Waals surface area (Å²) in [5, 5.41) is 13.0. The standard InChI is InChI=1S/C24H27NO5/c1-6-15-7-9-19-17(11-15)18(25-23(14(2)3)24(26)27)13-21(30-19)16-8-10-20(28-4)22(12-16)29-5/h7-14,23H,6H2,1-5H3,(H,26,27)/p-1/t23-/m1/s1. The van der Waals surface area contributed by atoms with E-state index in [9.17, 15) is 9.90 Å². The molecule has 0 bridgehead atoms. The maximum atomic E-state index is 11.7. The minimum Gasteiger partial charge on any atom is -0.548 e. The van der Waals surface area contributed by atoms with Crippen LogP contribution in [0, 0.1) is 5.92 Å². The van der Waals surface area contributed by atoms with E-state index in [1.54, 1.807) is 26.4 Å². The minimum absolute atomic E-state index is 0.207. The summed E-state index contributed by atoms with van der Waals surface area (Å²) >= 11 is 0. The lowest BCUT2D eigenvalue weighted by Gasteiger charge is -2.17. The van der Waals surface area contributed by atoms with E-state index < -0.39 is 12.0 Å². The Morgan fingerprint density at radius 3 is 2.40 bits per heavy atom. The second-order valence-electron chi connectivity index (χ2n) is 7.39. The summed E-state index contributed by atoms with van der Waals surface area (Å²) in [5.74, 6) is 0.322. The van der Waals surface area contributed by atoms with E-state index in [2.05, 4.69) is 11.9 Å². The van der Waals surface area contributed by atoms with Crippen LogP contribution in [0.25, 0.3) is 22.3 Å². The number of carboxylic acids is 1. The molecule has 0 unspecified atom stereocenters. The third-order valence-corrected chi connectivity index (χ3v) is 5.04. The Bertz CT molecular complexity index is 1130. The molecule has 2 aromatic carbocycles. The van der Waals surface area contributed by atoms with Crippen molar-refractivity contribution >= 4 is 16.9 Å². The third-order valence-electron chi connectivity index (χ3n) is 5.04. The number of carbonyl (C=O) groups is 1. The monoisotopic (exact) mass is 408 g/mol. The lowest BCUT2D eigenvalue weighted by molar-refractivity contribution is -0.308. The molecule has 0 fully saturated rings. The Morgan fingerprint density at radius 2 is 1.80 bits per heavy atom. The molecular weight excluding hydrogens is 382 g/mol. The lowest BCUT2D eigenvalue weighted by Crippen LogP contribution is -2.39. The number of ether oxygens (including phenoxy) is 2. The molecule has 0 N–H and O–H groups in total. The molecule has 1 aromatic heterocycles. The van der Waals surface area contributed by atoms with Crippen LogP contribution in [0.15, 0.2) is 51.9 Å². The van der Waals surface area contributed by atoms with Gasteiger partial charge in [-0.25, -0.2) is 0 Å². The summed E-state index contributed by atoms with van der Waals surface area (Å²) in [6.45, 7) is 5.68. The first kappa shape index (κ1) is 21.4.